The van der Waals surface area contributed by atoms with Crippen molar-refractivity contribution in [1.82, 2.24) is 0 Å². The fraction of sp³-hybridized carbons (Fsp3) is 0.571. The van der Waals surface area contributed by atoms with E-state index in [0.29, 0.717) is 13.1 Å². The average molecular weight is 351 g/mol. The Morgan fingerprint density at radius 3 is 2.35 bits per heavy atom. The van der Waals surface area contributed by atoms with Gasteiger partial charge in [-0.25, -0.2) is 0 Å². The lowest BCUT2D eigenvalue weighted by molar-refractivity contribution is -0.179. The van der Waals surface area contributed by atoms with Gasteiger partial charge in [0.2, 0.25) is 0 Å². The first-order valence-electron chi connectivity index (χ1n) is 6.65. The van der Waals surface area contributed by atoms with Gasteiger partial charge in [0.25, 0.3) is 0 Å². The van der Waals surface area contributed by atoms with Crippen LogP contribution in [0.3, 0.4) is 0 Å². The lowest BCUT2D eigenvalue weighted by Crippen LogP contribution is -2.39. The summed E-state index contributed by atoms with van der Waals surface area (Å²) in [5, 5.41) is 0. The average Bonchev–Trinajstić information content (AvgIpc) is 2.37. The molecular formula is C14H18BrF3N2. The van der Waals surface area contributed by atoms with Crippen molar-refractivity contribution in [2.24, 2.45) is 11.7 Å². The second-order valence-electron chi connectivity index (χ2n) is 5.30. The molecule has 1 fully saturated rings. The highest BCUT2D eigenvalue weighted by Gasteiger charge is 2.41. The minimum Gasteiger partial charge on any atom is -0.371 e. The molecule has 2 nitrogen and oxygen atoms in total. The zero-order valence-corrected chi connectivity index (χ0v) is 12.8. The van der Waals surface area contributed by atoms with Crippen molar-refractivity contribution in [3.8, 4) is 0 Å². The molecule has 0 radical (unpaired) electrons. The number of rotatable bonds is 2. The first kappa shape index (κ1) is 15.6. The second kappa shape index (κ2) is 5.93. The van der Waals surface area contributed by atoms with Crippen LogP contribution < -0.4 is 10.6 Å². The fourth-order valence-electron chi connectivity index (χ4n) is 2.55. The molecule has 1 saturated heterocycles. The van der Waals surface area contributed by atoms with Crippen LogP contribution in [0.1, 0.15) is 31.4 Å². The molecule has 1 aliphatic heterocycles. The molecular weight excluding hydrogens is 333 g/mol. The summed E-state index contributed by atoms with van der Waals surface area (Å²) in [5.74, 6) is -1.16. The fourth-order valence-corrected chi connectivity index (χ4v) is 3.27. The summed E-state index contributed by atoms with van der Waals surface area (Å²) in [7, 11) is 0. The molecule has 0 unspecified atom stereocenters. The Morgan fingerprint density at radius 2 is 1.90 bits per heavy atom. The van der Waals surface area contributed by atoms with E-state index in [4.69, 9.17) is 5.73 Å². The molecule has 1 atom stereocenters. The predicted octanol–water partition coefficient (Wildman–Crippen LogP) is 4.25. The summed E-state index contributed by atoms with van der Waals surface area (Å²) in [5.41, 5.74) is 7.79. The topological polar surface area (TPSA) is 29.3 Å². The smallest absolute Gasteiger partial charge is 0.371 e. The summed E-state index contributed by atoms with van der Waals surface area (Å²) in [6, 6.07) is 5.72. The molecule has 6 heteroatoms. The molecule has 1 heterocycles. The SMILES string of the molecule is C[C@H](N)c1ccc(N2CCC(C(F)(F)F)CC2)cc1Br. The number of benzene rings is 1. The van der Waals surface area contributed by atoms with Crippen LogP contribution in [0.25, 0.3) is 0 Å². The quantitative estimate of drug-likeness (QED) is 0.863. The van der Waals surface area contributed by atoms with Crippen molar-refractivity contribution < 1.29 is 13.2 Å². The van der Waals surface area contributed by atoms with E-state index in [0.717, 1.165) is 15.7 Å². The molecule has 0 spiro atoms. The second-order valence-corrected chi connectivity index (χ2v) is 6.15. The van der Waals surface area contributed by atoms with Crippen LogP contribution in [-0.4, -0.2) is 19.3 Å². The van der Waals surface area contributed by atoms with E-state index >= 15 is 0 Å². The van der Waals surface area contributed by atoms with Gasteiger partial charge in [0.05, 0.1) is 5.92 Å². The number of halogens is 4. The molecule has 0 amide bonds. The highest BCUT2D eigenvalue weighted by molar-refractivity contribution is 9.10. The summed E-state index contributed by atoms with van der Waals surface area (Å²) < 4.78 is 38.8. The normalized spacial score (nSPS) is 19.2. The molecule has 112 valence electrons. The van der Waals surface area contributed by atoms with Crippen LogP contribution in [-0.2, 0) is 0 Å². The van der Waals surface area contributed by atoms with Crippen molar-refractivity contribution in [1.29, 1.82) is 0 Å². The number of nitrogens with two attached hydrogens (primary N) is 1. The van der Waals surface area contributed by atoms with Crippen molar-refractivity contribution in [2.75, 3.05) is 18.0 Å². The van der Waals surface area contributed by atoms with E-state index in [1.165, 1.54) is 0 Å². The molecule has 0 saturated carbocycles. The Hall–Kier alpha value is -0.750. The lowest BCUT2D eigenvalue weighted by atomic mass is 9.96. The highest BCUT2D eigenvalue weighted by Crippen LogP contribution is 2.36. The maximum atomic E-state index is 12.6. The van der Waals surface area contributed by atoms with Gasteiger partial charge in [0.15, 0.2) is 0 Å². The van der Waals surface area contributed by atoms with Crippen molar-refractivity contribution in [3.05, 3.63) is 28.2 Å². The maximum absolute atomic E-state index is 12.6. The molecule has 0 aromatic heterocycles. The maximum Gasteiger partial charge on any atom is 0.391 e. The molecule has 1 aromatic carbocycles. The minimum atomic E-state index is -4.06. The van der Waals surface area contributed by atoms with Crippen LogP contribution in [0, 0.1) is 5.92 Å². The highest BCUT2D eigenvalue weighted by atomic mass is 79.9. The molecule has 2 N–H and O–H groups in total. The van der Waals surface area contributed by atoms with Crippen LogP contribution >= 0.6 is 15.9 Å². The number of hydrogen-bond donors (Lipinski definition) is 1. The summed E-state index contributed by atoms with van der Waals surface area (Å²) >= 11 is 3.47. The van der Waals surface area contributed by atoms with E-state index in [2.05, 4.69) is 15.9 Å². The van der Waals surface area contributed by atoms with E-state index in [-0.39, 0.29) is 18.9 Å². The van der Waals surface area contributed by atoms with E-state index < -0.39 is 12.1 Å². The Morgan fingerprint density at radius 1 is 1.30 bits per heavy atom. The van der Waals surface area contributed by atoms with Crippen molar-refractivity contribution in [3.63, 3.8) is 0 Å². The van der Waals surface area contributed by atoms with Crippen molar-refractivity contribution in [2.45, 2.75) is 32.0 Å². The van der Waals surface area contributed by atoms with E-state index in [1.54, 1.807) is 0 Å². The lowest BCUT2D eigenvalue weighted by Gasteiger charge is -2.34. The summed E-state index contributed by atoms with van der Waals surface area (Å²) in [6.07, 6.45) is -3.74. The van der Waals surface area contributed by atoms with Gasteiger partial charge < -0.3 is 10.6 Å². The first-order valence-corrected chi connectivity index (χ1v) is 7.45. The van der Waals surface area contributed by atoms with Crippen LogP contribution in [0.15, 0.2) is 22.7 Å². The van der Waals surface area contributed by atoms with E-state index in [1.807, 2.05) is 30.0 Å². The van der Waals surface area contributed by atoms with Crippen molar-refractivity contribution >= 4 is 21.6 Å². The zero-order chi connectivity index (χ0) is 14.9. The molecule has 0 aliphatic carbocycles. The van der Waals surface area contributed by atoms with Crippen LogP contribution in [0.2, 0.25) is 0 Å². The van der Waals surface area contributed by atoms with Gasteiger partial charge in [-0.05, 0) is 37.5 Å². The molecule has 1 aliphatic rings. The monoisotopic (exact) mass is 350 g/mol. The van der Waals surface area contributed by atoms with Gasteiger partial charge >= 0.3 is 6.18 Å². The molecule has 2 rings (SSSR count). The largest absolute Gasteiger partial charge is 0.391 e. The van der Waals surface area contributed by atoms with Crippen LogP contribution in [0.5, 0.6) is 0 Å². The third kappa shape index (κ3) is 3.47. The number of hydrogen-bond acceptors (Lipinski definition) is 2. The van der Waals surface area contributed by atoms with Gasteiger partial charge in [-0.3, -0.25) is 0 Å². The minimum absolute atomic E-state index is 0.0746. The number of anilines is 1. The van der Waals surface area contributed by atoms with Gasteiger partial charge in [0.1, 0.15) is 0 Å². The van der Waals surface area contributed by atoms with E-state index in [9.17, 15) is 13.2 Å². The number of piperidine rings is 1. The third-order valence-electron chi connectivity index (χ3n) is 3.80. The van der Waals surface area contributed by atoms with Gasteiger partial charge in [-0.2, -0.15) is 13.2 Å². The third-order valence-corrected chi connectivity index (χ3v) is 4.48. The summed E-state index contributed by atoms with van der Waals surface area (Å²) in [6.45, 7) is 2.77. The Balaban J connectivity index is 2.06. The Kier molecular flexibility index (Phi) is 4.64. The van der Waals surface area contributed by atoms with Gasteiger partial charge in [-0.1, -0.05) is 22.0 Å². The van der Waals surface area contributed by atoms with Crippen LogP contribution in [0.4, 0.5) is 18.9 Å². The molecule has 0 bridgehead atoms. The van der Waals surface area contributed by atoms with Gasteiger partial charge in [-0.15, -0.1) is 0 Å². The zero-order valence-electron chi connectivity index (χ0n) is 11.3. The Bertz CT molecular complexity index is 466. The molecule has 1 aromatic rings. The van der Waals surface area contributed by atoms with Gasteiger partial charge in [0, 0.05) is 29.3 Å². The first-order chi connectivity index (χ1) is 9.29. The summed E-state index contributed by atoms with van der Waals surface area (Å²) in [4.78, 5) is 2.00. The Labute approximate surface area is 125 Å². The predicted molar refractivity (Wildman–Crippen MR) is 77.7 cm³/mol. The standard InChI is InChI=1S/C14H18BrF3N2/c1-9(19)12-3-2-11(8-13(12)15)20-6-4-10(5-7-20)14(16,17)18/h2-3,8-10H,4-7,19H2,1H3/t9-/m0/s1. The number of alkyl halides is 3. The number of nitrogens with zero attached hydrogens (tertiary/aromatic N) is 1. The molecule has 20 heavy (non-hydrogen) atoms.